The van der Waals surface area contributed by atoms with Crippen LogP contribution < -0.4 is 5.32 Å². The Morgan fingerprint density at radius 2 is 1.59 bits per heavy atom. The first-order chi connectivity index (χ1) is 18.1. The van der Waals surface area contributed by atoms with E-state index in [1.54, 1.807) is 0 Å². The number of hydrogen-bond donors (Lipinski definition) is 2. The number of fused-ring (bicyclic) bond motifs is 1. The number of benzene rings is 3. The first-order valence-electron chi connectivity index (χ1n) is 13.8. The Bertz CT molecular complexity index is 1300. The molecule has 1 fully saturated rings. The number of aliphatic hydroxyl groups is 1. The lowest BCUT2D eigenvalue weighted by Crippen LogP contribution is -2.40. The lowest BCUT2D eigenvalue weighted by Gasteiger charge is -2.27. The third-order valence-electron chi connectivity index (χ3n) is 7.88. The van der Waals surface area contributed by atoms with Crippen molar-refractivity contribution in [3.63, 3.8) is 0 Å². The number of nitrogens with zero attached hydrogens (tertiary/aromatic N) is 1. The molecular formula is C33H38N2O2. The maximum absolute atomic E-state index is 13.4. The molecule has 2 atom stereocenters. The van der Waals surface area contributed by atoms with Gasteiger partial charge in [0.25, 0.3) is 0 Å². The summed E-state index contributed by atoms with van der Waals surface area (Å²) in [6.07, 6.45) is 7.05. The van der Waals surface area contributed by atoms with Crippen LogP contribution in [0, 0.1) is 5.92 Å². The van der Waals surface area contributed by atoms with Crippen LogP contribution in [0.5, 0.6) is 0 Å². The average molecular weight is 495 g/mol. The van der Waals surface area contributed by atoms with Crippen LogP contribution in [0.3, 0.4) is 0 Å². The van der Waals surface area contributed by atoms with Gasteiger partial charge in [0.15, 0.2) is 0 Å². The zero-order chi connectivity index (χ0) is 25.6. The molecule has 1 amide bonds. The molecule has 3 aromatic carbocycles. The second kappa shape index (κ2) is 11.8. The molecule has 4 nitrogen and oxygen atoms in total. The maximum Gasteiger partial charge on any atom is 0.228 e. The number of nitrogens with one attached hydrogen (secondary N) is 1. The second-order valence-electron chi connectivity index (χ2n) is 10.6. The monoisotopic (exact) mass is 494 g/mol. The molecule has 0 aliphatic heterocycles. The number of aromatic nitrogens is 1. The average Bonchev–Trinajstić information content (AvgIpc) is 3.08. The molecule has 0 saturated heterocycles. The van der Waals surface area contributed by atoms with Gasteiger partial charge < -0.3 is 15.0 Å². The Morgan fingerprint density at radius 1 is 0.919 bits per heavy atom. The summed E-state index contributed by atoms with van der Waals surface area (Å²) in [7, 11) is 0. The van der Waals surface area contributed by atoms with E-state index in [1.807, 2.05) is 6.92 Å². The molecular weight excluding hydrogens is 456 g/mol. The SMILES string of the molecule is C[C@H](CO)NC(=O)C(c1ccc(Cn2c(-c3ccccc3)cc3ccccc32)cc1)C1CCCCCC1. The van der Waals surface area contributed by atoms with Crippen molar-refractivity contribution in [1.29, 1.82) is 0 Å². The number of rotatable bonds is 8. The summed E-state index contributed by atoms with van der Waals surface area (Å²) in [4.78, 5) is 13.4. The molecule has 37 heavy (non-hydrogen) atoms. The molecule has 2 N–H and O–H groups in total. The number of hydrogen-bond acceptors (Lipinski definition) is 2. The summed E-state index contributed by atoms with van der Waals surface area (Å²) < 4.78 is 2.39. The highest BCUT2D eigenvalue weighted by Crippen LogP contribution is 2.36. The topological polar surface area (TPSA) is 54.3 Å². The Balaban J connectivity index is 1.45. The predicted molar refractivity (Wildman–Crippen MR) is 152 cm³/mol. The largest absolute Gasteiger partial charge is 0.394 e. The highest BCUT2D eigenvalue weighted by molar-refractivity contribution is 5.87. The standard InChI is InChI=1S/C33H38N2O2/c1-24(23-36)34-33(37)32(27-13-5-2-3-6-14-27)28-19-17-25(18-20-28)22-35-30-16-10-9-15-29(30)21-31(35)26-11-7-4-8-12-26/h4,7-12,15-21,24,27,32,36H,2-3,5-6,13-14,22-23H2,1H3,(H,34,37)/t24-,32?/m1/s1. The van der Waals surface area contributed by atoms with E-state index in [-0.39, 0.29) is 24.5 Å². The van der Waals surface area contributed by atoms with Crippen LogP contribution in [0.2, 0.25) is 0 Å². The number of aliphatic hydroxyl groups excluding tert-OH is 1. The van der Waals surface area contributed by atoms with Gasteiger partial charge in [-0.1, -0.05) is 98.5 Å². The van der Waals surface area contributed by atoms with E-state index in [2.05, 4.69) is 94.8 Å². The van der Waals surface area contributed by atoms with Gasteiger partial charge in [-0.25, -0.2) is 0 Å². The first-order valence-corrected chi connectivity index (χ1v) is 13.8. The van der Waals surface area contributed by atoms with Crippen LogP contribution in [0.15, 0.2) is 84.9 Å². The number of para-hydroxylation sites is 1. The van der Waals surface area contributed by atoms with Crippen LogP contribution in [0.25, 0.3) is 22.2 Å². The van der Waals surface area contributed by atoms with Gasteiger partial charge in [-0.3, -0.25) is 4.79 Å². The van der Waals surface area contributed by atoms with Gasteiger partial charge >= 0.3 is 0 Å². The molecule has 1 aliphatic carbocycles. The minimum Gasteiger partial charge on any atom is -0.394 e. The molecule has 1 heterocycles. The van der Waals surface area contributed by atoms with Crippen LogP contribution in [-0.2, 0) is 11.3 Å². The van der Waals surface area contributed by atoms with Crippen LogP contribution in [0.4, 0.5) is 0 Å². The zero-order valence-electron chi connectivity index (χ0n) is 21.8. The first kappa shape index (κ1) is 25.3. The predicted octanol–water partition coefficient (Wildman–Crippen LogP) is 6.91. The number of carbonyl (C=O) groups excluding carboxylic acids is 1. The molecule has 4 aromatic rings. The van der Waals surface area contributed by atoms with Gasteiger partial charge in [0.2, 0.25) is 5.91 Å². The van der Waals surface area contributed by atoms with Gasteiger partial charge in [0.1, 0.15) is 0 Å². The van der Waals surface area contributed by atoms with Crippen molar-refractivity contribution in [2.45, 2.75) is 64.0 Å². The molecule has 192 valence electrons. The summed E-state index contributed by atoms with van der Waals surface area (Å²) in [5, 5.41) is 13.8. The van der Waals surface area contributed by atoms with E-state index >= 15 is 0 Å². The summed E-state index contributed by atoms with van der Waals surface area (Å²) >= 11 is 0. The lowest BCUT2D eigenvalue weighted by molar-refractivity contribution is -0.124. The summed E-state index contributed by atoms with van der Waals surface area (Å²) in [5.74, 6) is 0.217. The van der Waals surface area contributed by atoms with E-state index in [0.717, 1.165) is 24.9 Å². The Kier molecular flexibility index (Phi) is 8.05. The van der Waals surface area contributed by atoms with Gasteiger partial charge in [0, 0.05) is 29.2 Å². The van der Waals surface area contributed by atoms with E-state index in [9.17, 15) is 9.90 Å². The zero-order valence-corrected chi connectivity index (χ0v) is 21.8. The third-order valence-corrected chi connectivity index (χ3v) is 7.88. The van der Waals surface area contributed by atoms with Gasteiger partial charge in [-0.2, -0.15) is 0 Å². The highest BCUT2D eigenvalue weighted by atomic mass is 16.3. The van der Waals surface area contributed by atoms with E-state index in [1.165, 1.54) is 53.4 Å². The van der Waals surface area contributed by atoms with Crippen molar-refractivity contribution in [2.75, 3.05) is 6.61 Å². The minimum atomic E-state index is -0.238. The molecule has 1 saturated carbocycles. The summed E-state index contributed by atoms with van der Waals surface area (Å²) in [6, 6.07) is 29.8. The highest BCUT2D eigenvalue weighted by Gasteiger charge is 2.31. The number of carbonyl (C=O) groups is 1. The molecule has 0 bridgehead atoms. The maximum atomic E-state index is 13.4. The fraction of sp³-hybridized carbons (Fsp3) is 0.364. The second-order valence-corrected chi connectivity index (χ2v) is 10.6. The van der Waals surface area contributed by atoms with E-state index in [0.29, 0.717) is 5.92 Å². The van der Waals surface area contributed by atoms with Crippen molar-refractivity contribution in [2.24, 2.45) is 5.92 Å². The Labute approximate surface area is 220 Å². The fourth-order valence-corrected chi connectivity index (χ4v) is 5.90. The smallest absolute Gasteiger partial charge is 0.228 e. The normalized spacial score (nSPS) is 16.3. The Hall–Kier alpha value is -3.37. The van der Waals surface area contributed by atoms with Crippen molar-refractivity contribution < 1.29 is 9.90 Å². The molecule has 1 unspecified atom stereocenters. The van der Waals surface area contributed by atoms with Crippen molar-refractivity contribution in [1.82, 2.24) is 9.88 Å². The molecule has 5 rings (SSSR count). The van der Waals surface area contributed by atoms with Crippen molar-refractivity contribution in [3.8, 4) is 11.3 Å². The van der Waals surface area contributed by atoms with Crippen LogP contribution in [-0.4, -0.2) is 28.2 Å². The molecule has 0 radical (unpaired) electrons. The van der Waals surface area contributed by atoms with Crippen LogP contribution >= 0.6 is 0 Å². The number of amides is 1. The van der Waals surface area contributed by atoms with E-state index in [4.69, 9.17) is 0 Å². The fourth-order valence-electron chi connectivity index (χ4n) is 5.90. The van der Waals surface area contributed by atoms with Crippen molar-refractivity contribution in [3.05, 3.63) is 96.1 Å². The summed E-state index contributed by atoms with van der Waals surface area (Å²) in [6.45, 7) is 2.58. The van der Waals surface area contributed by atoms with Crippen LogP contribution in [0.1, 0.15) is 62.5 Å². The van der Waals surface area contributed by atoms with E-state index < -0.39 is 0 Å². The quantitative estimate of drug-likeness (QED) is 0.262. The molecule has 1 aromatic heterocycles. The molecule has 0 spiro atoms. The summed E-state index contributed by atoms with van der Waals surface area (Å²) in [5.41, 5.74) is 5.93. The molecule has 4 heteroatoms. The van der Waals surface area contributed by atoms with Gasteiger partial charge in [0.05, 0.1) is 12.5 Å². The third kappa shape index (κ3) is 5.80. The Morgan fingerprint density at radius 3 is 2.30 bits per heavy atom. The molecule has 1 aliphatic rings. The minimum absolute atomic E-state index is 0.0450. The van der Waals surface area contributed by atoms with Gasteiger partial charge in [-0.05, 0) is 54.5 Å². The lowest BCUT2D eigenvalue weighted by atomic mass is 9.80. The van der Waals surface area contributed by atoms with Gasteiger partial charge in [-0.15, -0.1) is 0 Å². The van der Waals surface area contributed by atoms with Crippen molar-refractivity contribution >= 4 is 16.8 Å².